The summed E-state index contributed by atoms with van der Waals surface area (Å²) in [7, 11) is 0. The quantitative estimate of drug-likeness (QED) is 0.642. The first-order chi connectivity index (χ1) is 13.7. The number of fused-ring (bicyclic) bond motifs is 1. The molecule has 1 saturated heterocycles. The average molecular weight is 380 g/mol. The molecule has 2 heterocycles. The van der Waals surface area contributed by atoms with Gasteiger partial charge in [0, 0.05) is 25.1 Å². The molecule has 2 aromatic carbocycles. The number of rotatable bonds is 8. The fraction of sp³-hybridized carbons (Fsp3) is 0.435. The number of oxazole rings is 1. The van der Waals surface area contributed by atoms with Crippen LogP contribution < -0.4 is 5.76 Å². The SMILES string of the molecule is CCOCC1(CCc2ccccc2)CCN(Cc2ccc3[nH]c(=O)oc3c2)C1. The van der Waals surface area contributed by atoms with Crippen LogP contribution in [-0.4, -0.2) is 36.2 Å². The Balaban J connectivity index is 1.43. The Kier molecular flexibility index (Phi) is 5.64. The molecule has 1 fully saturated rings. The molecule has 0 radical (unpaired) electrons. The van der Waals surface area contributed by atoms with E-state index in [1.54, 1.807) is 0 Å². The van der Waals surface area contributed by atoms with Crippen molar-refractivity contribution < 1.29 is 9.15 Å². The lowest BCUT2D eigenvalue weighted by Gasteiger charge is -2.29. The highest BCUT2D eigenvalue weighted by atomic mass is 16.5. The van der Waals surface area contributed by atoms with Gasteiger partial charge in [0.05, 0.1) is 12.1 Å². The van der Waals surface area contributed by atoms with Crippen molar-refractivity contribution in [3.63, 3.8) is 0 Å². The molecule has 0 aliphatic carbocycles. The number of nitrogens with one attached hydrogen (secondary N) is 1. The highest BCUT2D eigenvalue weighted by Crippen LogP contribution is 2.36. The Labute approximate surface area is 165 Å². The first kappa shape index (κ1) is 19.0. The van der Waals surface area contributed by atoms with Gasteiger partial charge in [-0.15, -0.1) is 0 Å². The minimum absolute atomic E-state index is 0.205. The zero-order chi connectivity index (χ0) is 19.4. The highest BCUT2D eigenvalue weighted by molar-refractivity contribution is 5.72. The number of hydrogen-bond acceptors (Lipinski definition) is 4. The van der Waals surface area contributed by atoms with Gasteiger partial charge in [-0.2, -0.15) is 0 Å². The topological polar surface area (TPSA) is 58.5 Å². The molecule has 1 aromatic heterocycles. The molecule has 0 bridgehead atoms. The monoisotopic (exact) mass is 380 g/mol. The van der Waals surface area contributed by atoms with Gasteiger partial charge in [-0.25, -0.2) is 4.79 Å². The summed E-state index contributed by atoms with van der Waals surface area (Å²) in [6.45, 7) is 6.61. The Morgan fingerprint density at radius 2 is 2.04 bits per heavy atom. The maximum atomic E-state index is 11.4. The summed E-state index contributed by atoms with van der Waals surface area (Å²) in [4.78, 5) is 16.6. The number of aromatic nitrogens is 1. The summed E-state index contributed by atoms with van der Waals surface area (Å²) in [6.07, 6.45) is 3.38. The van der Waals surface area contributed by atoms with Crippen LogP contribution in [0, 0.1) is 5.41 Å². The average Bonchev–Trinajstić information content (AvgIpc) is 3.28. The number of likely N-dealkylation sites (tertiary alicyclic amines) is 1. The molecule has 1 aliphatic heterocycles. The highest BCUT2D eigenvalue weighted by Gasteiger charge is 2.37. The first-order valence-electron chi connectivity index (χ1n) is 10.1. The number of benzene rings is 2. The van der Waals surface area contributed by atoms with Crippen LogP contribution in [0.2, 0.25) is 0 Å². The second-order valence-electron chi connectivity index (χ2n) is 7.93. The predicted octanol–water partition coefficient (Wildman–Crippen LogP) is 3.98. The van der Waals surface area contributed by atoms with Crippen LogP contribution >= 0.6 is 0 Å². The summed E-state index contributed by atoms with van der Waals surface area (Å²) in [5.41, 5.74) is 4.15. The van der Waals surface area contributed by atoms with Crippen LogP contribution in [0.25, 0.3) is 11.1 Å². The van der Waals surface area contributed by atoms with Gasteiger partial charge in [-0.05, 0) is 56.0 Å². The number of aryl methyl sites for hydroxylation is 1. The second-order valence-corrected chi connectivity index (χ2v) is 7.93. The van der Waals surface area contributed by atoms with Crippen molar-refractivity contribution in [2.75, 3.05) is 26.3 Å². The van der Waals surface area contributed by atoms with Gasteiger partial charge in [-0.1, -0.05) is 36.4 Å². The van der Waals surface area contributed by atoms with Gasteiger partial charge in [0.1, 0.15) is 0 Å². The molecule has 1 N–H and O–H groups in total. The van der Waals surface area contributed by atoms with Crippen molar-refractivity contribution in [2.24, 2.45) is 5.41 Å². The van der Waals surface area contributed by atoms with Crippen molar-refractivity contribution in [1.82, 2.24) is 9.88 Å². The summed E-state index contributed by atoms with van der Waals surface area (Å²) in [5, 5.41) is 0. The molecule has 5 heteroatoms. The normalized spacial score (nSPS) is 20.2. The third-order valence-electron chi connectivity index (χ3n) is 5.81. The maximum absolute atomic E-state index is 11.4. The number of H-pyrrole nitrogens is 1. The minimum atomic E-state index is -0.398. The number of ether oxygens (including phenoxy) is 1. The molecule has 4 rings (SSSR count). The maximum Gasteiger partial charge on any atom is 0.417 e. The van der Waals surface area contributed by atoms with E-state index in [0.29, 0.717) is 5.58 Å². The van der Waals surface area contributed by atoms with Crippen molar-refractivity contribution >= 4 is 11.1 Å². The number of aromatic amines is 1. The van der Waals surface area contributed by atoms with Gasteiger partial charge in [0.25, 0.3) is 0 Å². The van der Waals surface area contributed by atoms with Crippen LogP contribution in [0.3, 0.4) is 0 Å². The van der Waals surface area contributed by atoms with Gasteiger partial charge in [0.2, 0.25) is 0 Å². The lowest BCUT2D eigenvalue weighted by Crippen LogP contribution is -2.32. The molecule has 0 spiro atoms. The molecule has 0 saturated carbocycles. The fourth-order valence-electron chi connectivity index (χ4n) is 4.28. The summed E-state index contributed by atoms with van der Waals surface area (Å²) in [5.74, 6) is -0.398. The van der Waals surface area contributed by atoms with E-state index in [-0.39, 0.29) is 5.41 Å². The Bertz CT molecular complexity index is 963. The summed E-state index contributed by atoms with van der Waals surface area (Å²) < 4.78 is 11.1. The lowest BCUT2D eigenvalue weighted by molar-refractivity contribution is 0.0489. The zero-order valence-corrected chi connectivity index (χ0v) is 16.4. The van der Waals surface area contributed by atoms with Crippen LogP contribution in [0.5, 0.6) is 0 Å². The lowest BCUT2D eigenvalue weighted by atomic mass is 9.82. The van der Waals surface area contributed by atoms with E-state index in [1.165, 1.54) is 11.1 Å². The van der Waals surface area contributed by atoms with Crippen LogP contribution in [0.1, 0.15) is 30.9 Å². The van der Waals surface area contributed by atoms with Gasteiger partial charge in [0.15, 0.2) is 5.58 Å². The van der Waals surface area contributed by atoms with Crippen molar-refractivity contribution in [3.05, 3.63) is 70.2 Å². The van der Waals surface area contributed by atoms with E-state index in [9.17, 15) is 4.79 Å². The minimum Gasteiger partial charge on any atom is -0.408 e. The molecule has 28 heavy (non-hydrogen) atoms. The Morgan fingerprint density at radius 3 is 2.86 bits per heavy atom. The smallest absolute Gasteiger partial charge is 0.408 e. The molecular formula is C23H28N2O3. The van der Waals surface area contributed by atoms with E-state index in [4.69, 9.17) is 9.15 Å². The Morgan fingerprint density at radius 1 is 1.18 bits per heavy atom. The van der Waals surface area contributed by atoms with Gasteiger partial charge < -0.3 is 9.15 Å². The van der Waals surface area contributed by atoms with Gasteiger partial charge >= 0.3 is 5.76 Å². The summed E-state index contributed by atoms with van der Waals surface area (Å²) >= 11 is 0. The molecule has 1 unspecified atom stereocenters. The standard InChI is InChI=1S/C23H28N2O3/c1-2-27-17-23(11-10-18-6-4-3-5-7-18)12-13-25(16-23)15-19-8-9-20-21(14-19)28-22(26)24-20/h3-9,14H,2,10-13,15-17H2,1H3,(H,24,26). The second kappa shape index (κ2) is 8.33. The third kappa shape index (κ3) is 4.37. The van der Waals surface area contributed by atoms with Crippen molar-refractivity contribution in [2.45, 2.75) is 32.7 Å². The fourth-order valence-corrected chi connectivity index (χ4v) is 4.28. The van der Waals surface area contributed by atoms with E-state index in [0.717, 1.165) is 57.6 Å². The zero-order valence-electron chi connectivity index (χ0n) is 16.4. The van der Waals surface area contributed by atoms with Crippen LogP contribution in [0.4, 0.5) is 0 Å². The molecule has 3 aromatic rings. The largest absolute Gasteiger partial charge is 0.417 e. The predicted molar refractivity (Wildman–Crippen MR) is 110 cm³/mol. The molecule has 5 nitrogen and oxygen atoms in total. The van der Waals surface area contributed by atoms with Gasteiger partial charge in [-0.3, -0.25) is 9.88 Å². The first-order valence-corrected chi connectivity index (χ1v) is 10.1. The van der Waals surface area contributed by atoms with Crippen LogP contribution in [0.15, 0.2) is 57.7 Å². The third-order valence-corrected chi connectivity index (χ3v) is 5.81. The molecule has 0 amide bonds. The van der Waals surface area contributed by atoms with E-state index in [1.807, 2.05) is 12.1 Å². The van der Waals surface area contributed by atoms with E-state index >= 15 is 0 Å². The molecular weight excluding hydrogens is 352 g/mol. The number of hydrogen-bond donors (Lipinski definition) is 1. The number of nitrogens with zero attached hydrogens (tertiary/aromatic N) is 1. The Hall–Kier alpha value is -2.37. The molecule has 1 atom stereocenters. The molecule has 1 aliphatic rings. The van der Waals surface area contributed by atoms with E-state index < -0.39 is 5.76 Å². The molecule has 148 valence electrons. The summed E-state index contributed by atoms with van der Waals surface area (Å²) in [6, 6.07) is 16.7. The van der Waals surface area contributed by atoms with Crippen molar-refractivity contribution in [1.29, 1.82) is 0 Å². The van der Waals surface area contributed by atoms with Crippen LogP contribution in [-0.2, 0) is 17.7 Å². The van der Waals surface area contributed by atoms with E-state index in [2.05, 4.69) is 53.2 Å². The van der Waals surface area contributed by atoms with Crippen molar-refractivity contribution in [3.8, 4) is 0 Å².